The molecule has 0 atom stereocenters. The molecular weight excluding hydrogens is 316 g/mol. The topological polar surface area (TPSA) is 71.8 Å². The molecular formula is C19H20N4O2. The summed E-state index contributed by atoms with van der Waals surface area (Å²) in [4.78, 5) is 15.6. The lowest BCUT2D eigenvalue weighted by molar-refractivity contribution is 0.105. The molecule has 2 aromatic rings. The monoisotopic (exact) mass is 336 g/mol. The third-order valence-corrected chi connectivity index (χ3v) is 4.18. The molecule has 1 N–H and O–H groups in total. The zero-order chi connectivity index (χ0) is 18.0. The highest BCUT2D eigenvalue weighted by Gasteiger charge is 2.25. The molecule has 0 aliphatic heterocycles. The van der Waals surface area contributed by atoms with E-state index in [1.165, 1.54) is 11.1 Å². The molecule has 1 aromatic heterocycles. The van der Waals surface area contributed by atoms with Gasteiger partial charge in [-0.1, -0.05) is 38.6 Å². The average Bonchev–Trinajstić information content (AvgIpc) is 3.23. The summed E-state index contributed by atoms with van der Waals surface area (Å²) >= 11 is 0. The van der Waals surface area contributed by atoms with E-state index in [-0.39, 0.29) is 16.9 Å². The van der Waals surface area contributed by atoms with Crippen molar-refractivity contribution in [3.05, 3.63) is 58.3 Å². The van der Waals surface area contributed by atoms with Crippen LogP contribution in [0.5, 0.6) is 0 Å². The second-order valence-corrected chi connectivity index (χ2v) is 7.15. The van der Waals surface area contributed by atoms with Gasteiger partial charge in [-0.05, 0) is 47.6 Å². The zero-order valence-electron chi connectivity index (χ0n) is 14.6. The molecule has 0 saturated carbocycles. The lowest BCUT2D eigenvalue weighted by Crippen LogP contribution is -2.13. The van der Waals surface area contributed by atoms with Gasteiger partial charge >= 0.3 is 5.84 Å². The van der Waals surface area contributed by atoms with E-state index in [2.05, 4.69) is 26.6 Å². The Kier molecular flexibility index (Phi) is 4.41. The first-order valence-corrected chi connectivity index (χ1v) is 8.23. The van der Waals surface area contributed by atoms with E-state index < -0.39 is 5.78 Å². The van der Waals surface area contributed by atoms with E-state index in [4.69, 9.17) is 11.1 Å². The Morgan fingerprint density at radius 1 is 1.28 bits per heavy atom. The summed E-state index contributed by atoms with van der Waals surface area (Å²) in [6, 6.07) is 7.56. The number of hydrogen-bond acceptors (Lipinski definition) is 5. The van der Waals surface area contributed by atoms with Crippen LogP contribution >= 0.6 is 0 Å². The number of benzene rings is 1. The van der Waals surface area contributed by atoms with Crippen molar-refractivity contribution in [1.29, 1.82) is 0 Å². The van der Waals surface area contributed by atoms with Gasteiger partial charge in [0.05, 0.1) is 5.69 Å². The smallest absolute Gasteiger partial charge is 0.343 e. The van der Waals surface area contributed by atoms with Gasteiger partial charge in [-0.2, -0.15) is 0 Å². The van der Waals surface area contributed by atoms with Gasteiger partial charge in [-0.25, -0.2) is 5.43 Å². The van der Waals surface area contributed by atoms with E-state index in [0.717, 1.165) is 24.9 Å². The van der Waals surface area contributed by atoms with E-state index in [1.807, 2.05) is 32.9 Å². The van der Waals surface area contributed by atoms with Gasteiger partial charge in [0.25, 0.3) is 0 Å². The van der Waals surface area contributed by atoms with Gasteiger partial charge in [-0.15, -0.1) is 0 Å². The molecule has 6 heteroatoms. The highest BCUT2D eigenvalue weighted by molar-refractivity contribution is 6.48. The molecule has 0 bridgehead atoms. The molecule has 0 unspecified atom stereocenters. The normalized spacial score (nSPS) is 14.1. The Bertz CT molecular complexity index is 882. The van der Waals surface area contributed by atoms with Crippen LogP contribution < -0.4 is 5.43 Å². The number of hydrogen-bond donors (Lipinski definition) is 1. The standard InChI is InChI=1S/C19H20N4O2/c1-19(2,3)16-11-15(23-25-16)17(24)18(20-4)22-21-14-9-8-12-6-5-7-13(12)10-14/h8-11,21H,5-7H2,1-3H3/b22-18+. The van der Waals surface area contributed by atoms with Gasteiger partial charge in [-0.3, -0.25) is 4.79 Å². The summed E-state index contributed by atoms with van der Waals surface area (Å²) in [5, 5.41) is 7.74. The summed E-state index contributed by atoms with van der Waals surface area (Å²) in [6.07, 6.45) is 3.32. The number of carbonyl (C=O) groups is 1. The molecule has 0 saturated heterocycles. The number of nitrogens with one attached hydrogen (secondary N) is 1. The highest BCUT2D eigenvalue weighted by Crippen LogP contribution is 2.25. The van der Waals surface area contributed by atoms with E-state index >= 15 is 0 Å². The SMILES string of the molecule is [C-]#[N+]/C(=N/Nc1ccc2c(c1)CCC2)C(=O)c1cc(C(C)(C)C)on1. The summed E-state index contributed by atoms with van der Waals surface area (Å²) < 4.78 is 5.21. The largest absolute Gasteiger partial charge is 0.360 e. The Hall–Kier alpha value is -2.94. The van der Waals surface area contributed by atoms with Crippen LogP contribution in [-0.2, 0) is 18.3 Å². The minimum absolute atomic E-state index is 0.0930. The van der Waals surface area contributed by atoms with Crippen molar-refractivity contribution in [2.24, 2.45) is 5.10 Å². The van der Waals surface area contributed by atoms with Crippen molar-refractivity contribution >= 4 is 17.3 Å². The van der Waals surface area contributed by atoms with Crippen molar-refractivity contribution in [3.8, 4) is 0 Å². The third kappa shape index (κ3) is 3.61. The zero-order valence-corrected chi connectivity index (χ0v) is 14.6. The molecule has 3 rings (SSSR count). The lowest BCUT2D eigenvalue weighted by Gasteiger charge is -2.11. The first-order chi connectivity index (χ1) is 11.9. The average molecular weight is 336 g/mol. The maximum atomic E-state index is 12.4. The van der Waals surface area contributed by atoms with Crippen LogP contribution in [0.2, 0.25) is 0 Å². The number of aryl methyl sites for hydroxylation is 2. The molecule has 1 aliphatic rings. The number of Topliss-reactive ketones (excluding diaryl/α,β-unsaturated/α-hetero) is 1. The highest BCUT2D eigenvalue weighted by atomic mass is 16.5. The van der Waals surface area contributed by atoms with E-state index in [0.29, 0.717) is 5.76 Å². The first-order valence-electron chi connectivity index (χ1n) is 8.23. The quantitative estimate of drug-likeness (QED) is 0.301. The molecule has 0 spiro atoms. The summed E-state index contributed by atoms with van der Waals surface area (Å²) in [5.74, 6) is -0.232. The minimum Gasteiger partial charge on any atom is -0.360 e. The Morgan fingerprint density at radius 2 is 2.04 bits per heavy atom. The van der Waals surface area contributed by atoms with Crippen LogP contribution in [0, 0.1) is 6.57 Å². The van der Waals surface area contributed by atoms with Crippen LogP contribution in [0.3, 0.4) is 0 Å². The summed E-state index contributed by atoms with van der Waals surface area (Å²) in [5.41, 5.74) is 6.06. The van der Waals surface area contributed by atoms with Crippen molar-refractivity contribution in [1.82, 2.24) is 5.16 Å². The van der Waals surface area contributed by atoms with Crippen LogP contribution in [0.1, 0.15) is 54.6 Å². The van der Waals surface area contributed by atoms with Gasteiger partial charge < -0.3 is 9.37 Å². The van der Waals surface area contributed by atoms with E-state index in [1.54, 1.807) is 6.07 Å². The summed E-state index contributed by atoms with van der Waals surface area (Å²) in [6.45, 7) is 13.1. The molecule has 128 valence electrons. The summed E-state index contributed by atoms with van der Waals surface area (Å²) in [7, 11) is 0. The molecule has 6 nitrogen and oxygen atoms in total. The maximum Gasteiger partial charge on any atom is 0.343 e. The van der Waals surface area contributed by atoms with Crippen LogP contribution in [-0.4, -0.2) is 16.8 Å². The molecule has 0 fully saturated rings. The van der Waals surface area contributed by atoms with Crippen molar-refractivity contribution in [2.45, 2.75) is 45.4 Å². The number of amidine groups is 1. The molecule has 1 aliphatic carbocycles. The third-order valence-electron chi connectivity index (χ3n) is 4.18. The second kappa shape index (κ2) is 6.52. The fraction of sp³-hybridized carbons (Fsp3) is 0.368. The van der Waals surface area contributed by atoms with Crippen LogP contribution in [0.4, 0.5) is 5.69 Å². The Morgan fingerprint density at radius 3 is 2.72 bits per heavy atom. The minimum atomic E-state index is -0.553. The number of ketones is 1. The second-order valence-electron chi connectivity index (χ2n) is 7.15. The number of aromatic nitrogens is 1. The molecule has 0 amide bonds. The van der Waals surface area contributed by atoms with Gasteiger partial charge in [0, 0.05) is 11.5 Å². The molecule has 1 aromatic carbocycles. The van der Waals surface area contributed by atoms with Crippen molar-refractivity contribution < 1.29 is 9.32 Å². The number of rotatable bonds is 4. The molecule has 0 radical (unpaired) electrons. The van der Waals surface area contributed by atoms with Crippen molar-refractivity contribution in [3.63, 3.8) is 0 Å². The lowest BCUT2D eigenvalue weighted by atomic mass is 9.93. The number of anilines is 1. The Labute approximate surface area is 146 Å². The number of fused-ring (bicyclic) bond motifs is 1. The molecule has 25 heavy (non-hydrogen) atoms. The van der Waals surface area contributed by atoms with Gasteiger partial charge in [0.15, 0.2) is 0 Å². The van der Waals surface area contributed by atoms with Crippen LogP contribution in [0.15, 0.2) is 33.9 Å². The fourth-order valence-electron chi connectivity index (χ4n) is 2.74. The predicted octanol–water partition coefficient (Wildman–Crippen LogP) is 3.99. The number of hydrazone groups is 1. The van der Waals surface area contributed by atoms with E-state index in [9.17, 15) is 4.79 Å². The number of carbonyl (C=O) groups excluding carboxylic acids is 1. The fourth-order valence-corrected chi connectivity index (χ4v) is 2.74. The van der Waals surface area contributed by atoms with Crippen LogP contribution in [0.25, 0.3) is 4.85 Å². The van der Waals surface area contributed by atoms with Gasteiger partial charge in [0.2, 0.25) is 5.78 Å². The number of nitrogens with zero attached hydrogens (tertiary/aromatic N) is 3. The maximum absolute atomic E-state index is 12.4. The first kappa shape index (κ1) is 16.9. The van der Waals surface area contributed by atoms with Gasteiger partial charge in [0.1, 0.15) is 11.5 Å². The van der Waals surface area contributed by atoms with Crippen molar-refractivity contribution in [2.75, 3.05) is 5.43 Å². The predicted molar refractivity (Wildman–Crippen MR) is 95.7 cm³/mol. The molecule has 1 heterocycles. The Balaban J connectivity index is 1.77.